The second kappa shape index (κ2) is 9.17. The number of likely N-dealkylation sites (tertiary alicyclic amines) is 1. The minimum Gasteiger partial charge on any atom is -0.324 e. The monoisotopic (exact) mass is 404 g/mol. The van der Waals surface area contributed by atoms with E-state index in [0.29, 0.717) is 11.9 Å². The summed E-state index contributed by atoms with van der Waals surface area (Å²) in [5, 5.41) is 15.3. The van der Waals surface area contributed by atoms with Crippen molar-refractivity contribution in [3.63, 3.8) is 0 Å². The summed E-state index contributed by atoms with van der Waals surface area (Å²) in [6.45, 7) is 6.39. The molecule has 0 saturated carbocycles. The lowest BCUT2D eigenvalue weighted by Gasteiger charge is -2.33. The van der Waals surface area contributed by atoms with Gasteiger partial charge in [-0.2, -0.15) is 4.80 Å². The third-order valence-corrected chi connectivity index (χ3v) is 5.58. The first kappa shape index (κ1) is 20.2. The van der Waals surface area contributed by atoms with E-state index in [4.69, 9.17) is 0 Å². The molecule has 2 heterocycles. The van der Waals surface area contributed by atoms with Gasteiger partial charge in [0, 0.05) is 23.8 Å². The fourth-order valence-corrected chi connectivity index (χ4v) is 3.83. The first-order valence-corrected chi connectivity index (χ1v) is 10.5. The quantitative estimate of drug-likeness (QED) is 0.679. The molecule has 0 aliphatic carbocycles. The highest BCUT2D eigenvalue weighted by molar-refractivity contribution is 5.90. The fourth-order valence-electron chi connectivity index (χ4n) is 3.83. The van der Waals surface area contributed by atoms with Crippen LogP contribution in [0.1, 0.15) is 37.3 Å². The largest absolute Gasteiger partial charge is 0.324 e. The fraction of sp³-hybridized carbons (Fsp3) is 0.391. The number of hydrogen-bond acceptors (Lipinski definition) is 5. The number of benzene rings is 2. The normalized spacial score (nSPS) is 17.1. The number of nitrogens with one attached hydrogen (secondary N) is 1. The molecule has 4 rings (SSSR count). The van der Waals surface area contributed by atoms with Crippen LogP contribution in [0.15, 0.2) is 48.5 Å². The van der Waals surface area contributed by atoms with Crippen LogP contribution in [-0.4, -0.2) is 43.6 Å². The van der Waals surface area contributed by atoms with Crippen LogP contribution in [0.2, 0.25) is 0 Å². The van der Waals surface area contributed by atoms with E-state index in [1.54, 1.807) is 0 Å². The lowest BCUT2D eigenvalue weighted by molar-refractivity contribution is -0.117. The highest BCUT2D eigenvalue weighted by Crippen LogP contribution is 2.20. The average molecular weight is 405 g/mol. The number of amides is 1. The molecule has 2 aromatic carbocycles. The number of aromatic nitrogens is 4. The summed E-state index contributed by atoms with van der Waals surface area (Å²) in [6, 6.07) is 16.6. The van der Waals surface area contributed by atoms with Crippen LogP contribution in [0, 0.1) is 6.92 Å². The second-order valence-electron chi connectivity index (χ2n) is 8.07. The molecule has 7 heteroatoms. The van der Waals surface area contributed by atoms with Crippen molar-refractivity contribution in [2.24, 2.45) is 0 Å². The molecule has 1 saturated heterocycles. The Kier molecular flexibility index (Phi) is 6.18. The number of nitrogens with zero attached hydrogens (tertiary/aromatic N) is 5. The van der Waals surface area contributed by atoms with E-state index in [2.05, 4.69) is 38.6 Å². The summed E-state index contributed by atoms with van der Waals surface area (Å²) in [5.74, 6) is 0.340. The van der Waals surface area contributed by atoms with Gasteiger partial charge in [0.05, 0.1) is 0 Å². The van der Waals surface area contributed by atoms with Gasteiger partial charge in [0.2, 0.25) is 11.7 Å². The zero-order valence-corrected chi connectivity index (χ0v) is 17.6. The van der Waals surface area contributed by atoms with Gasteiger partial charge in [0.15, 0.2) is 0 Å². The van der Waals surface area contributed by atoms with Crippen molar-refractivity contribution in [2.45, 2.75) is 52.2 Å². The van der Waals surface area contributed by atoms with Crippen molar-refractivity contribution < 1.29 is 4.79 Å². The van der Waals surface area contributed by atoms with Crippen molar-refractivity contribution in [1.82, 2.24) is 25.1 Å². The van der Waals surface area contributed by atoms with Crippen molar-refractivity contribution in [2.75, 3.05) is 11.9 Å². The molecule has 1 aromatic heterocycles. The van der Waals surface area contributed by atoms with Crippen LogP contribution in [0.3, 0.4) is 0 Å². The van der Waals surface area contributed by atoms with Crippen LogP contribution >= 0.6 is 0 Å². The number of piperidine rings is 1. The molecule has 7 nitrogen and oxygen atoms in total. The summed E-state index contributed by atoms with van der Waals surface area (Å²) in [7, 11) is 0. The maximum absolute atomic E-state index is 12.5. The molecule has 1 amide bonds. The Bertz CT molecular complexity index is 997. The summed E-state index contributed by atoms with van der Waals surface area (Å²) in [4.78, 5) is 16.3. The van der Waals surface area contributed by atoms with Gasteiger partial charge in [-0.1, -0.05) is 48.4 Å². The van der Waals surface area contributed by atoms with E-state index in [1.165, 1.54) is 35.2 Å². The maximum Gasteiger partial charge on any atom is 0.248 e. The Morgan fingerprint density at radius 2 is 2.00 bits per heavy atom. The number of tetrazole rings is 1. The highest BCUT2D eigenvalue weighted by atomic mass is 16.2. The summed E-state index contributed by atoms with van der Waals surface area (Å²) in [5.41, 5.74) is 4.05. The summed E-state index contributed by atoms with van der Waals surface area (Å²) < 4.78 is 0. The molecule has 3 aromatic rings. The molecule has 0 spiro atoms. The predicted molar refractivity (Wildman–Crippen MR) is 117 cm³/mol. The topological polar surface area (TPSA) is 75.9 Å². The Hall–Kier alpha value is -3.06. The number of anilines is 1. The first-order chi connectivity index (χ1) is 14.6. The molecule has 0 radical (unpaired) electrons. The number of carbonyl (C=O) groups excluding carboxylic acids is 1. The first-order valence-electron chi connectivity index (χ1n) is 10.5. The second-order valence-corrected chi connectivity index (χ2v) is 8.07. The van der Waals surface area contributed by atoms with Crippen molar-refractivity contribution in [1.29, 1.82) is 0 Å². The van der Waals surface area contributed by atoms with E-state index in [-0.39, 0.29) is 12.5 Å². The van der Waals surface area contributed by atoms with Crippen molar-refractivity contribution >= 4 is 11.6 Å². The maximum atomic E-state index is 12.5. The standard InChI is InChI=1S/C23H28N6O/c1-17-9-11-20(12-10-17)23-25-27-29(26-23)16-22(30)24-21-8-5-7-19(14-21)15-28-13-4-3-6-18(28)2/h5,7-12,14,18H,3-4,6,13,15-16H2,1-2H3,(H,24,30)/t18-/m1/s1. The number of hydrogen-bond donors (Lipinski definition) is 1. The molecule has 1 atom stereocenters. The van der Waals surface area contributed by atoms with E-state index in [1.807, 2.05) is 49.4 Å². The minimum atomic E-state index is -0.175. The molecule has 1 aliphatic rings. The number of carbonyl (C=O) groups is 1. The molecule has 1 aliphatic heterocycles. The van der Waals surface area contributed by atoms with E-state index < -0.39 is 0 Å². The Labute approximate surface area is 177 Å². The van der Waals surface area contributed by atoms with Gasteiger partial charge < -0.3 is 5.32 Å². The van der Waals surface area contributed by atoms with Gasteiger partial charge in [0.25, 0.3) is 0 Å². The third kappa shape index (κ3) is 5.10. The summed E-state index contributed by atoms with van der Waals surface area (Å²) in [6.07, 6.45) is 3.83. The van der Waals surface area contributed by atoms with E-state index in [9.17, 15) is 4.79 Å². The Morgan fingerprint density at radius 3 is 2.80 bits per heavy atom. The molecule has 1 fully saturated rings. The highest BCUT2D eigenvalue weighted by Gasteiger charge is 2.18. The molecule has 156 valence electrons. The third-order valence-electron chi connectivity index (χ3n) is 5.58. The van der Waals surface area contributed by atoms with E-state index >= 15 is 0 Å². The lowest BCUT2D eigenvalue weighted by Crippen LogP contribution is -2.36. The number of rotatable bonds is 6. The van der Waals surface area contributed by atoms with E-state index in [0.717, 1.165) is 24.3 Å². The number of aryl methyl sites for hydroxylation is 1. The minimum absolute atomic E-state index is 0.0201. The lowest BCUT2D eigenvalue weighted by atomic mass is 10.0. The van der Waals surface area contributed by atoms with Gasteiger partial charge in [0.1, 0.15) is 6.54 Å². The molecule has 1 N–H and O–H groups in total. The van der Waals surface area contributed by atoms with Crippen LogP contribution in [0.25, 0.3) is 11.4 Å². The van der Waals surface area contributed by atoms with Gasteiger partial charge in [-0.05, 0) is 56.1 Å². The van der Waals surface area contributed by atoms with Gasteiger partial charge >= 0.3 is 0 Å². The zero-order chi connectivity index (χ0) is 20.9. The van der Waals surface area contributed by atoms with Crippen molar-refractivity contribution in [3.8, 4) is 11.4 Å². The molecule has 0 unspecified atom stereocenters. The van der Waals surface area contributed by atoms with Gasteiger partial charge in [-0.25, -0.2) is 0 Å². The van der Waals surface area contributed by atoms with Crippen LogP contribution in [-0.2, 0) is 17.9 Å². The molecule has 30 heavy (non-hydrogen) atoms. The van der Waals surface area contributed by atoms with Gasteiger partial charge in [-0.3, -0.25) is 9.69 Å². The Morgan fingerprint density at radius 1 is 1.17 bits per heavy atom. The predicted octanol–water partition coefficient (Wildman–Crippen LogP) is 3.66. The Balaban J connectivity index is 1.35. The molecule has 0 bridgehead atoms. The summed E-state index contributed by atoms with van der Waals surface area (Å²) >= 11 is 0. The van der Waals surface area contributed by atoms with Crippen LogP contribution in [0.5, 0.6) is 0 Å². The van der Waals surface area contributed by atoms with Gasteiger partial charge in [-0.15, -0.1) is 10.2 Å². The SMILES string of the molecule is Cc1ccc(-c2nnn(CC(=O)Nc3cccc(CN4CCCC[C@H]4C)c3)n2)cc1. The zero-order valence-electron chi connectivity index (χ0n) is 17.6. The van der Waals surface area contributed by atoms with Crippen molar-refractivity contribution in [3.05, 3.63) is 59.7 Å². The van der Waals surface area contributed by atoms with Crippen LogP contribution < -0.4 is 5.32 Å². The smallest absolute Gasteiger partial charge is 0.248 e. The molecular formula is C23H28N6O. The van der Waals surface area contributed by atoms with Crippen LogP contribution in [0.4, 0.5) is 5.69 Å². The average Bonchev–Trinajstić information content (AvgIpc) is 3.19. The molecular weight excluding hydrogens is 376 g/mol.